The molecular formula is C23H32N4O2. The molecule has 1 aliphatic heterocycles. The van der Waals surface area contributed by atoms with Gasteiger partial charge in [-0.25, -0.2) is 4.99 Å². The van der Waals surface area contributed by atoms with E-state index in [4.69, 9.17) is 14.5 Å². The van der Waals surface area contributed by atoms with Crippen LogP contribution in [0.15, 0.2) is 53.7 Å². The number of nitrogens with one attached hydrogen (secondary N) is 1. The molecule has 0 unspecified atom stereocenters. The predicted molar refractivity (Wildman–Crippen MR) is 116 cm³/mol. The Kier molecular flexibility index (Phi) is 8.31. The molecule has 0 radical (unpaired) electrons. The number of hydrogen-bond acceptors (Lipinski definition) is 4. The summed E-state index contributed by atoms with van der Waals surface area (Å²) >= 11 is 0. The number of guanidine groups is 1. The topological polar surface area (TPSA) is 59.0 Å². The lowest BCUT2D eigenvalue weighted by Crippen LogP contribution is -2.47. The van der Waals surface area contributed by atoms with Crippen molar-refractivity contribution in [3.63, 3.8) is 0 Å². The van der Waals surface area contributed by atoms with Crippen LogP contribution in [0, 0.1) is 0 Å². The summed E-state index contributed by atoms with van der Waals surface area (Å²) in [5.74, 6) is 1.83. The molecule has 1 fully saturated rings. The average Bonchev–Trinajstić information content (AvgIpc) is 2.77. The van der Waals surface area contributed by atoms with Gasteiger partial charge >= 0.3 is 0 Å². The van der Waals surface area contributed by atoms with E-state index >= 15 is 0 Å². The van der Waals surface area contributed by atoms with Crippen LogP contribution in [0.25, 0.3) is 0 Å². The van der Waals surface area contributed by atoms with Gasteiger partial charge in [-0.15, -0.1) is 0 Å². The zero-order valence-electron chi connectivity index (χ0n) is 17.5. The van der Waals surface area contributed by atoms with E-state index in [0.29, 0.717) is 19.3 Å². The summed E-state index contributed by atoms with van der Waals surface area (Å²) < 4.78 is 11.6. The minimum absolute atomic E-state index is 0.387. The standard InChI is InChI=1S/C23H32N4O2/c1-3-24-23(27-15-12-22(13-16-27)28-4-2)26-17-19-8-10-21(11-9-19)29-18-20-7-5-6-14-25-20/h5-11,14,22H,3-4,12-13,15-18H2,1-2H3,(H,24,26). The quantitative estimate of drug-likeness (QED) is 0.545. The van der Waals surface area contributed by atoms with Gasteiger partial charge in [-0.1, -0.05) is 18.2 Å². The maximum absolute atomic E-state index is 5.81. The van der Waals surface area contributed by atoms with E-state index in [9.17, 15) is 0 Å². The second kappa shape index (κ2) is 11.4. The van der Waals surface area contributed by atoms with Crippen LogP contribution in [0.1, 0.15) is 37.9 Å². The molecule has 0 saturated carbocycles. The first kappa shape index (κ1) is 21.1. The fourth-order valence-corrected chi connectivity index (χ4v) is 3.39. The molecule has 1 N–H and O–H groups in total. The fourth-order valence-electron chi connectivity index (χ4n) is 3.39. The lowest BCUT2D eigenvalue weighted by atomic mass is 10.1. The highest BCUT2D eigenvalue weighted by Gasteiger charge is 2.21. The molecule has 29 heavy (non-hydrogen) atoms. The number of rotatable bonds is 8. The number of aliphatic imine (C=N–C) groups is 1. The normalized spacial score (nSPS) is 15.4. The third kappa shape index (κ3) is 6.75. The predicted octanol–water partition coefficient (Wildman–Crippen LogP) is 3.63. The van der Waals surface area contributed by atoms with Crippen molar-refractivity contribution in [2.24, 2.45) is 4.99 Å². The molecule has 1 saturated heterocycles. The monoisotopic (exact) mass is 396 g/mol. The Hall–Kier alpha value is -2.60. The smallest absolute Gasteiger partial charge is 0.194 e. The number of pyridine rings is 1. The van der Waals surface area contributed by atoms with Crippen LogP contribution in [-0.4, -0.2) is 48.2 Å². The van der Waals surface area contributed by atoms with Crippen LogP contribution >= 0.6 is 0 Å². The number of hydrogen-bond donors (Lipinski definition) is 1. The Morgan fingerprint density at radius 1 is 1.14 bits per heavy atom. The van der Waals surface area contributed by atoms with Crippen LogP contribution in [-0.2, 0) is 17.9 Å². The van der Waals surface area contributed by atoms with Crippen molar-refractivity contribution in [3.05, 3.63) is 59.9 Å². The molecule has 0 spiro atoms. The Morgan fingerprint density at radius 2 is 1.93 bits per heavy atom. The van der Waals surface area contributed by atoms with Gasteiger partial charge in [-0.2, -0.15) is 0 Å². The van der Waals surface area contributed by atoms with Crippen LogP contribution in [0.5, 0.6) is 5.75 Å². The van der Waals surface area contributed by atoms with E-state index in [0.717, 1.165) is 62.0 Å². The molecule has 6 heteroatoms. The molecule has 2 aromatic rings. The van der Waals surface area contributed by atoms with E-state index < -0.39 is 0 Å². The number of aromatic nitrogens is 1. The number of piperidine rings is 1. The van der Waals surface area contributed by atoms with E-state index in [-0.39, 0.29) is 0 Å². The summed E-state index contributed by atoms with van der Waals surface area (Å²) in [6.45, 7) is 8.91. The van der Waals surface area contributed by atoms with Crippen molar-refractivity contribution in [1.29, 1.82) is 0 Å². The van der Waals surface area contributed by atoms with Crippen molar-refractivity contribution in [3.8, 4) is 5.75 Å². The summed E-state index contributed by atoms with van der Waals surface area (Å²) in [6.07, 6.45) is 4.28. The van der Waals surface area contributed by atoms with Gasteiger partial charge < -0.3 is 19.7 Å². The summed E-state index contributed by atoms with van der Waals surface area (Å²) in [7, 11) is 0. The van der Waals surface area contributed by atoms with Crippen molar-refractivity contribution >= 4 is 5.96 Å². The molecule has 3 rings (SSSR count). The first-order valence-electron chi connectivity index (χ1n) is 10.5. The van der Waals surface area contributed by atoms with Crippen LogP contribution in [0.2, 0.25) is 0 Å². The Labute approximate surface area is 174 Å². The van der Waals surface area contributed by atoms with E-state index in [2.05, 4.69) is 41.2 Å². The van der Waals surface area contributed by atoms with Crippen LogP contribution in [0.3, 0.4) is 0 Å². The van der Waals surface area contributed by atoms with Gasteiger partial charge in [0.15, 0.2) is 5.96 Å². The summed E-state index contributed by atoms with van der Waals surface area (Å²) in [5.41, 5.74) is 2.08. The van der Waals surface area contributed by atoms with Gasteiger partial charge in [0.25, 0.3) is 0 Å². The van der Waals surface area contributed by atoms with Crippen molar-refractivity contribution < 1.29 is 9.47 Å². The number of nitrogens with zero attached hydrogens (tertiary/aromatic N) is 3. The van der Waals surface area contributed by atoms with E-state index in [1.54, 1.807) is 6.20 Å². The highest BCUT2D eigenvalue weighted by atomic mass is 16.5. The van der Waals surface area contributed by atoms with Crippen molar-refractivity contribution in [1.82, 2.24) is 15.2 Å². The molecule has 0 atom stereocenters. The van der Waals surface area contributed by atoms with Gasteiger partial charge in [0.05, 0.1) is 18.3 Å². The highest BCUT2D eigenvalue weighted by molar-refractivity contribution is 5.80. The van der Waals surface area contributed by atoms with Crippen molar-refractivity contribution in [2.75, 3.05) is 26.2 Å². The average molecular weight is 397 g/mol. The molecule has 1 aromatic heterocycles. The van der Waals surface area contributed by atoms with Gasteiger partial charge in [0.1, 0.15) is 12.4 Å². The SMILES string of the molecule is CCNC(=NCc1ccc(OCc2ccccn2)cc1)N1CCC(OCC)CC1. The summed E-state index contributed by atoms with van der Waals surface area (Å²) in [4.78, 5) is 11.5. The van der Waals surface area contributed by atoms with Gasteiger partial charge in [-0.05, 0) is 56.5 Å². The Bertz CT molecular complexity index is 741. The van der Waals surface area contributed by atoms with E-state index in [1.165, 1.54) is 0 Å². The first-order valence-corrected chi connectivity index (χ1v) is 10.5. The molecule has 1 aromatic carbocycles. The lowest BCUT2D eigenvalue weighted by Gasteiger charge is -2.34. The lowest BCUT2D eigenvalue weighted by molar-refractivity contribution is 0.0263. The third-order valence-electron chi connectivity index (χ3n) is 4.93. The molecule has 156 valence electrons. The van der Waals surface area contributed by atoms with Gasteiger partial charge in [0, 0.05) is 32.4 Å². The summed E-state index contributed by atoms with van der Waals surface area (Å²) in [5, 5.41) is 3.42. The maximum Gasteiger partial charge on any atom is 0.194 e. The molecular weight excluding hydrogens is 364 g/mol. The largest absolute Gasteiger partial charge is 0.487 e. The van der Waals surface area contributed by atoms with Gasteiger partial charge in [-0.3, -0.25) is 4.98 Å². The number of likely N-dealkylation sites (tertiary alicyclic amines) is 1. The Morgan fingerprint density at radius 3 is 2.59 bits per heavy atom. The summed E-state index contributed by atoms with van der Waals surface area (Å²) in [6, 6.07) is 14.0. The second-order valence-electron chi connectivity index (χ2n) is 7.07. The Balaban J connectivity index is 1.52. The minimum Gasteiger partial charge on any atom is -0.487 e. The van der Waals surface area contributed by atoms with E-state index in [1.807, 2.05) is 30.3 Å². The number of benzene rings is 1. The number of ether oxygens (including phenoxy) is 2. The minimum atomic E-state index is 0.387. The van der Waals surface area contributed by atoms with Gasteiger partial charge in [0.2, 0.25) is 0 Å². The molecule has 0 bridgehead atoms. The van der Waals surface area contributed by atoms with Crippen molar-refractivity contribution in [2.45, 2.75) is 45.9 Å². The van der Waals surface area contributed by atoms with Crippen LogP contribution in [0.4, 0.5) is 0 Å². The second-order valence-corrected chi connectivity index (χ2v) is 7.07. The molecule has 0 aliphatic carbocycles. The zero-order valence-corrected chi connectivity index (χ0v) is 17.5. The maximum atomic E-state index is 5.81. The zero-order chi connectivity index (χ0) is 20.3. The van der Waals surface area contributed by atoms with Crippen LogP contribution < -0.4 is 10.1 Å². The fraction of sp³-hybridized carbons (Fsp3) is 0.478. The molecule has 2 heterocycles. The molecule has 0 amide bonds. The molecule has 6 nitrogen and oxygen atoms in total. The first-order chi connectivity index (χ1) is 14.3. The highest BCUT2D eigenvalue weighted by Crippen LogP contribution is 2.16. The third-order valence-corrected chi connectivity index (χ3v) is 4.93. The molecule has 1 aliphatic rings.